The average molecular weight is 289 g/mol. The highest BCUT2D eigenvalue weighted by atomic mass is 19.1. The van der Waals surface area contributed by atoms with Gasteiger partial charge in [0.05, 0.1) is 12.0 Å². The molecule has 0 N–H and O–H groups in total. The zero-order chi connectivity index (χ0) is 14.4. The van der Waals surface area contributed by atoms with Crippen LogP contribution >= 0.6 is 0 Å². The van der Waals surface area contributed by atoms with Crippen molar-refractivity contribution < 1.29 is 13.9 Å². The molecule has 2 aliphatic heterocycles. The Morgan fingerprint density at radius 1 is 1.33 bits per heavy atom. The summed E-state index contributed by atoms with van der Waals surface area (Å²) >= 11 is 0. The summed E-state index contributed by atoms with van der Waals surface area (Å²) in [7, 11) is 0. The number of aryl methyl sites for hydroxylation is 1. The van der Waals surface area contributed by atoms with Crippen LogP contribution in [0, 0.1) is 11.2 Å². The standard InChI is InChI=1S/C17H20FNO2/c18-13-4-5-15-12(9-13)3-1-8-19(15)11-14-10-17(6-2-7-17)16(20)21-14/h4-5,9,14H,1-3,6-8,10-11H2/t14-/m1/s1. The van der Waals surface area contributed by atoms with E-state index in [9.17, 15) is 9.18 Å². The van der Waals surface area contributed by atoms with Gasteiger partial charge in [0.25, 0.3) is 0 Å². The van der Waals surface area contributed by atoms with Crippen LogP contribution in [-0.2, 0) is 16.0 Å². The summed E-state index contributed by atoms with van der Waals surface area (Å²) in [6.45, 7) is 1.70. The second-order valence-corrected chi connectivity index (χ2v) is 6.69. The number of halogens is 1. The predicted molar refractivity (Wildman–Crippen MR) is 77.7 cm³/mol. The zero-order valence-corrected chi connectivity index (χ0v) is 12.1. The van der Waals surface area contributed by atoms with Crippen LogP contribution in [0.5, 0.6) is 0 Å². The summed E-state index contributed by atoms with van der Waals surface area (Å²) in [5, 5.41) is 0. The van der Waals surface area contributed by atoms with Crippen LogP contribution in [0.25, 0.3) is 0 Å². The monoisotopic (exact) mass is 289 g/mol. The third kappa shape index (κ3) is 2.12. The molecule has 0 bridgehead atoms. The van der Waals surface area contributed by atoms with Crippen molar-refractivity contribution in [1.82, 2.24) is 0 Å². The van der Waals surface area contributed by atoms with E-state index in [1.165, 1.54) is 6.07 Å². The lowest BCUT2D eigenvalue weighted by atomic mass is 9.67. The normalized spacial score (nSPS) is 26.4. The molecule has 21 heavy (non-hydrogen) atoms. The number of ether oxygens (including phenoxy) is 1. The average Bonchev–Trinajstić information content (AvgIpc) is 2.75. The molecule has 1 spiro atoms. The van der Waals surface area contributed by atoms with Gasteiger partial charge in [-0.15, -0.1) is 0 Å². The minimum absolute atomic E-state index is 0.00574. The summed E-state index contributed by atoms with van der Waals surface area (Å²) < 4.78 is 19.0. The molecule has 0 amide bonds. The van der Waals surface area contributed by atoms with Gasteiger partial charge in [0.2, 0.25) is 0 Å². The molecule has 0 radical (unpaired) electrons. The molecule has 1 saturated carbocycles. The van der Waals surface area contributed by atoms with Crippen LogP contribution < -0.4 is 4.90 Å². The van der Waals surface area contributed by atoms with Crippen molar-refractivity contribution in [1.29, 1.82) is 0 Å². The Morgan fingerprint density at radius 3 is 2.90 bits per heavy atom. The maximum Gasteiger partial charge on any atom is 0.312 e. The maximum absolute atomic E-state index is 13.3. The number of rotatable bonds is 2. The van der Waals surface area contributed by atoms with Crippen molar-refractivity contribution in [2.45, 2.75) is 44.6 Å². The lowest BCUT2D eigenvalue weighted by Crippen LogP contribution is -2.37. The fourth-order valence-electron chi connectivity index (χ4n) is 4.03. The minimum Gasteiger partial charge on any atom is -0.460 e. The SMILES string of the molecule is O=C1O[C@@H](CN2CCCc3cc(F)ccc32)CC12CCC2. The van der Waals surface area contributed by atoms with Gasteiger partial charge in [0, 0.05) is 18.7 Å². The van der Waals surface area contributed by atoms with Crippen LogP contribution in [0.3, 0.4) is 0 Å². The molecule has 1 aliphatic carbocycles. The van der Waals surface area contributed by atoms with Gasteiger partial charge in [-0.1, -0.05) is 6.42 Å². The van der Waals surface area contributed by atoms with Gasteiger partial charge >= 0.3 is 5.97 Å². The Kier molecular flexibility index (Phi) is 2.95. The molecular formula is C17H20FNO2. The topological polar surface area (TPSA) is 29.5 Å². The molecule has 2 heterocycles. The summed E-state index contributed by atoms with van der Waals surface area (Å²) in [5.41, 5.74) is 2.02. The number of anilines is 1. The Balaban J connectivity index is 1.50. The van der Waals surface area contributed by atoms with Crippen LogP contribution in [0.15, 0.2) is 18.2 Å². The van der Waals surface area contributed by atoms with Gasteiger partial charge in [-0.25, -0.2) is 4.39 Å². The largest absolute Gasteiger partial charge is 0.460 e. The lowest BCUT2D eigenvalue weighted by Gasteiger charge is -2.35. The first-order chi connectivity index (χ1) is 10.2. The fourth-order valence-corrected chi connectivity index (χ4v) is 4.03. The van der Waals surface area contributed by atoms with Crippen LogP contribution in [0.1, 0.15) is 37.7 Å². The molecule has 0 aromatic heterocycles. The van der Waals surface area contributed by atoms with Crippen molar-refractivity contribution in [3.8, 4) is 0 Å². The van der Waals surface area contributed by atoms with E-state index in [2.05, 4.69) is 4.90 Å². The molecule has 3 nitrogen and oxygen atoms in total. The van der Waals surface area contributed by atoms with Crippen molar-refractivity contribution >= 4 is 11.7 Å². The van der Waals surface area contributed by atoms with Crippen molar-refractivity contribution in [3.05, 3.63) is 29.6 Å². The van der Waals surface area contributed by atoms with Gasteiger partial charge in [-0.2, -0.15) is 0 Å². The summed E-state index contributed by atoms with van der Waals surface area (Å²) in [4.78, 5) is 14.3. The second kappa shape index (κ2) is 4.72. The van der Waals surface area contributed by atoms with E-state index >= 15 is 0 Å². The minimum atomic E-state index is -0.170. The molecule has 1 saturated heterocycles. The zero-order valence-electron chi connectivity index (χ0n) is 12.1. The molecule has 112 valence electrons. The molecule has 4 rings (SSSR count). The van der Waals surface area contributed by atoms with E-state index in [0.717, 1.165) is 62.9 Å². The van der Waals surface area contributed by atoms with Gasteiger partial charge in [0.1, 0.15) is 11.9 Å². The number of hydrogen-bond acceptors (Lipinski definition) is 3. The second-order valence-electron chi connectivity index (χ2n) is 6.69. The molecule has 2 fully saturated rings. The maximum atomic E-state index is 13.3. The number of carbonyl (C=O) groups excluding carboxylic acids is 1. The van der Waals surface area contributed by atoms with Crippen molar-refractivity contribution in [3.63, 3.8) is 0 Å². The highest BCUT2D eigenvalue weighted by Gasteiger charge is 2.53. The van der Waals surface area contributed by atoms with E-state index < -0.39 is 0 Å². The molecule has 1 aromatic rings. The number of benzene rings is 1. The summed E-state index contributed by atoms with van der Waals surface area (Å²) in [5.74, 6) is -0.161. The Labute approximate surface area is 124 Å². The van der Waals surface area contributed by atoms with Crippen LogP contribution in [-0.4, -0.2) is 25.2 Å². The highest BCUT2D eigenvalue weighted by molar-refractivity contribution is 5.80. The number of cyclic esters (lactones) is 1. The molecule has 3 aliphatic rings. The van der Waals surface area contributed by atoms with E-state index in [4.69, 9.17) is 4.74 Å². The Hall–Kier alpha value is -1.58. The van der Waals surface area contributed by atoms with E-state index in [1.807, 2.05) is 6.07 Å². The van der Waals surface area contributed by atoms with E-state index in [1.54, 1.807) is 6.07 Å². The predicted octanol–water partition coefficient (Wildman–Crippen LogP) is 3.06. The quantitative estimate of drug-likeness (QED) is 0.784. The van der Waals surface area contributed by atoms with Gasteiger partial charge in [-0.05, 0) is 49.4 Å². The van der Waals surface area contributed by atoms with Gasteiger partial charge in [-0.3, -0.25) is 4.79 Å². The third-order valence-corrected chi connectivity index (χ3v) is 5.32. The smallest absolute Gasteiger partial charge is 0.312 e. The van der Waals surface area contributed by atoms with E-state index in [-0.39, 0.29) is 23.3 Å². The number of nitrogens with zero attached hydrogens (tertiary/aromatic N) is 1. The van der Waals surface area contributed by atoms with Gasteiger partial charge < -0.3 is 9.64 Å². The first kappa shape index (κ1) is 13.1. The molecule has 4 heteroatoms. The first-order valence-electron chi connectivity index (χ1n) is 7.91. The Bertz CT molecular complexity index is 582. The van der Waals surface area contributed by atoms with Crippen LogP contribution in [0.4, 0.5) is 10.1 Å². The summed E-state index contributed by atoms with van der Waals surface area (Å²) in [6, 6.07) is 5.01. The summed E-state index contributed by atoms with van der Waals surface area (Å²) in [6.07, 6.45) is 5.94. The highest BCUT2D eigenvalue weighted by Crippen LogP contribution is 2.50. The Morgan fingerprint density at radius 2 is 2.19 bits per heavy atom. The number of esters is 1. The molecule has 1 aromatic carbocycles. The molecule has 0 unspecified atom stereocenters. The third-order valence-electron chi connectivity index (χ3n) is 5.32. The number of fused-ring (bicyclic) bond motifs is 1. The van der Waals surface area contributed by atoms with Crippen LogP contribution in [0.2, 0.25) is 0 Å². The van der Waals surface area contributed by atoms with E-state index in [0.29, 0.717) is 0 Å². The number of carbonyl (C=O) groups is 1. The van der Waals surface area contributed by atoms with Crippen molar-refractivity contribution in [2.24, 2.45) is 5.41 Å². The van der Waals surface area contributed by atoms with Gasteiger partial charge in [0.15, 0.2) is 0 Å². The van der Waals surface area contributed by atoms with Crippen molar-refractivity contribution in [2.75, 3.05) is 18.0 Å². The molecule has 1 atom stereocenters. The fraction of sp³-hybridized carbons (Fsp3) is 0.588. The first-order valence-corrected chi connectivity index (χ1v) is 7.91. The number of hydrogen-bond donors (Lipinski definition) is 0. The molecular weight excluding hydrogens is 269 g/mol. The lowest BCUT2D eigenvalue weighted by molar-refractivity contribution is -0.152.